The van der Waals surface area contributed by atoms with E-state index >= 15 is 0 Å². The fraction of sp³-hybridized carbons (Fsp3) is 0.533. The van der Waals surface area contributed by atoms with Crippen LogP contribution in [0.4, 0.5) is 5.69 Å². The Bertz CT molecular complexity index is 397. The zero-order valence-corrected chi connectivity index (χ0v) is 11.0. The molecular formula is C15H22N2O. The number of carbonyl (C=O) groups excluding carboxylic acids is 1. The second kappa shape index (κ2) is 6.55. The Morgan fingerprint density at radius 3 is 2.78 bits per heavy atom. The molecule has 2 N–H and O–H groups in total. The van der Waals surface area contributed by atoms with E-state index in [0.29, 0.717) is 12.3 Å². The molecule has 3 heteroatoms. The molecule has 0 atom stereocenters. The molecule has 0 saturated carbocycles. The highest BCUT2D eigenvalue weighted by Gasteiger charge is 2.14. The second-order valence-electron chi connectivity index (χ2n) is 5.10. The van der Waals surface area contributed by atoms with Gasteiger partial charge in [0.05, 0.1) is 0 Å². The molecule has 1 aromatic rings. The molecule has 0 aliphatic carbocycles. The molecule has 0 spiro atoms. The molecule has 2 rings (SSSR count). The van der Waals surface area contributed by atoms with Crippen molar-refractivity contribution in [1.29, 1.82) is 0 Å². The van der Waals surface area contributed by atoms with Crippen molar-refractivity contribution in [2.75, 3.05) is 18.4 Å². The monoisotopic (exact) mass is 246 g/mol. The maximum Gasteiger partial charge on any atom is 0.224 e. The Balaban J connectivity index is 1.76. The van der Waals surface area contributed by atoms with Crippen LogP contribution in [0.15, 0.2) is 24.3 Å². The Labute approximate surface area is 109 Å². The lowest BCUT2D eigenvalue weighted by Gasteiger charge is -2.22. The number of carbonyl (C=O) groups is 1. The van der Waals surface area contributed by atoms with Gasteiger partial charge in [0.2, 0.25) is 5.91 Å². The Morgan fingerprint density at radius 1 is 1.33 bits per heavy atom. The van der Waals surface area contributed by atoms with Crippen LogP contribution in [0.1, 0.15) is 31.2 Å². The van der Waals surface area contributed by atoms with Crippen LogP contribution in [0.3, 0.4) is 0 Å². The van der Waals surface area contributed by atoms with Crippen LogP contribution in [0, 0.1) is 12.8 Å². The first kappa shape index (κ1) is 13.1. The van der Waals surface area contributed by atoms with Gasteiger partial charge in [-0.25, -0.2) is 0 Å². The van der Waals surface area contributed by atoms with Gasteiger partial charge >= 0.3 is 0 Å². The first-order valence-corrected chi connectivity index (χ1v) is 6.82. The molecule has 98 valence electrons. The highest BCUT2D eigenvalue weighted by molar-refractivity contribution is 5.91. The van der Waals surface area contributed by atoms with E-state index in [1.165, 1.54) is 12.8 Å². The third-order valence-corrected chi connectivity index (χ3v) is 3.66. The fourth-order valence-corrected chi connectivity index (χ4v) is 2.43. The molecule has 0 bridgehead atoms. The number of amides is 1. The first-order chi connectivity index (χ1) is 8.75. The molecule has 0 unspecified atom stereocenters. The van der Waals surface area contributed by atoms with Crippen molar-refractivity contribution in [3.63, 3.8) is 0 Å². The molecule has 0 radical (unpaired) electrons. The van der Waals surface area contributed by atoms with Crippen molar-refractivity contribution in [2.45, 2.75) is 32.6 Å². The highest BCUT2D eigenvalue weighted by Crippen LogP contribution is 2.19. The maximum absolute atomic E-state index is 11.9. The number of hydrogen-bond acceptors (Lipinski definition) is 2. The Morgan fingerprint density at radius 2 is 2.06 bits per heavy atom. The number of piperidine rings is 1. The summed E-state index contributed by atoms with van der Waals surface area (Å²) in [6.07, 6.45) is 4.06. The minimum atomic E-state index is 0.142. The van der Waals surface area contributed by atoms with Crippen LogP contribution in [0.2, 0.25) is 0 Å². The summed E-state index contributed by atoms with van der Waals surface area (Å²) in [7, 11) is 0. The van der Waals surface area contributed by atoms with E-state index in [1.807, 2.05) is 31.2 Å². The molecule has 3 nitrogen and oxygen atoms in total. The number of anilines is 1. The average Bonchev–Trinajstić information content (AvgIpc) is 2.40. The summed E-state index contributed by atoms with van der Waals surface area (Å²) in [6.45, 7) is 4.22. The standard InChI is InChI=1S/C15H22N2O/c1-12-4-2-3-5-14(12)17-15(18)7-6-13-8-10-16-11-9-13/h2-5,13,16H,6-11H2,1H3,(H,17,18). The summed E-state index contributed by atoms with van der Waals surface area (Å²) in [6, 6.07) is 7.91. The zero-order valence-electron chi connectivity index (χ0n) is 11.0. The minimum Gasteiger partial charge on any atom is -0.326 e. The van der Waals surface area contributed by atoms with Gasteiger partial charge in [-0.1, -0.05) is 18.2 Å². The van der Waals surface area contributed by atoms with Crippen molar-refractivity contribution < 1.29 is 4.79 Å². The lowest BCUT2D eigenvalue weighted by atomic mass is 9.93. The fourth-order valence-electron chi connectivity index (χ4n) is 2.43. The number of rotatable bonds is 4. The molecule has 0 aromatic heterocycles. The van der Waals surface area contributed by atoms with Gasteiger partial charge < -0.3 is 10.6 Å². The molecule has 1 aliphatic rings. The quantitative estimate of drug-likeness (QED) is 0.857. The number of para-hydroxylation sites is 1. The van der Waals surface area contributed by atoms with Gasteiger partial charge in [0.15, 0.2) is 0 Å². The van der Waals surface area contributed by atoms with Gasteiger partial charge in [-0.3, -0.25) is 4.79 Å². The first-order valence-electron chi connectivity index (χ1n) is 6.82. The largest absolute Gasteiger partial charge is 0.326 e. The summed E-state index contributed by atoms with van der Waals surface area (Å²) in [4.78, 5) is 11.9. The lowest BCUT2D eigenvalue weighted by molar-refractivity contribution is -0.116. The predicted molar refractivity (Wildman–Crippen MR) is 74.6 cm³/mol. The number of nitrogens with one attached hydrogen (secondary N) is 2. The maximum atomic E-state index is 11.9. The molecule has 1 heterocycles. The van der Waals surface area contributed by atoms with Crippen LogP contribution in [0.5, 0.6) is 0 Å². The third-order valence-electron chi connectivity index (χ3n) is 3.66. The van der Waals surface area contributed by atoms with E-state index in [2.05, 4.69) is 10.6 Å². The average molecular weight is 246 g/mol. The van der Waals surface area contributed by atoms with Crippen LogP contribution < -0.4 is 10.6 Å². The van der Waals surface area contributed by atoms with E-state index in [4.69, 9.17) is 0 Å². The Hall–Kier alpha value is -1.35. The Kier molecular flexibility index (Phi) is 4.76. The summed E-state index contributed by atoms with van der Waals surface area (Å²) in [5.41, 5.74) is 2.06. The predicted octanol–water partition coefficient (Wildman–Crippen LogP) is 2.71. The molecular weight excluding hydrogens is 224 g/mol. The van der Waals surface area contributed by atoms with Crippen molar-refractivity contribution in [1.82, 2.24) is 5.32 Å². The van der Waals surface area contributed by atoms with E-state index in [1.54, 1.807) is 0 Å². The van der Waals surface area contributed by atoms with E-state index in [9.17, 15) is 4.79 Å². The van der Waals surface area contributed by atoms with Gasteiger partial charge in [0, 0.05) is 12.1 Å². The van der Waals surface area contributed by atoms with Crippen molar-refractivity contribution >= 4 is 11.6 Å². The van der Waals surface area contributed by atoms with Crippen LogP contribution in [-0.2, 0) is 4.79 Å². The van der Waals surface area contributed by atoms with Gasteiger partial charge in [-0.2, -0.15) is 0 Å². The second-order valence-corrected chi connectivity index (χ2v) is 5.10. The molecule has 1 aliphatic heterocycles. The third kappa shape index (κ3) is 3.84. The lowest BCUT2D eigenvalue weighted by Crippen LogP contribution is -2.28. The summed E-state index contributed by atoms with van der Waals surface area (Å²) in [5, 5.41) is 6.34. The van der Waals surface area contributed by atoms with E-state index in [0.717, 1.165) is 30.8 Å². The SMILES string of the molecule is Cc1ccccc1NC(=O)CCC1CCNCC1. The van der Waals surface area contributed by atoms with Gasteiger partial charge in [0.1, 0.15) is 0 Å². The highest BCUT2D eigenvalue weighted by atomic mass is 16.1. The molecule has 1 amide bonds. The zero-order chi connectivity index (χ0) is 12.8. The van der Waals surface area contributed by atoms with Gasteiger partial charge in [-0.05, 0) is 56.8 Å². The van der Waals surface area contributed by atoms with Gasteiger partial charge in [0.25, 0.3) is 0 Å². The van der Waals surface area contributed by atoms with Crippen LogP contribution in [0.25, 0.3) is 0 Å². The molecule has 1 aromatic carbocycles. The van der Waals surface area contributed by atoms with Gasteiger partial charge in [-0.15, -0.1) is 0 Å². The van der Waals surface area contributed by atoms with Crippen molar-refractivity contribution in [3.8, 4) is 0 Å². The topological polar surface area (TPSA) is 41.1 Å². The molecule has 18 heavy (non-hydrogen) atoms. The normalized spacial score (nSPS) is 16.5. The van der Waals surface area contributed by atoms with Crippen LogP contribution >= 0.6 is 0 Å². The number of hydrogen-bond donors (Lipinski definition) is 2. The van der Waals surface area contributed by atoms with Crippen molar-refractivity contribution in [3.05, 3.63) is 29.8 Å². The van der Waals surface area contributed by atoms with Crippen molar-refractivity contribution in [2.24, 2.45) is 5.92 Å². The smallest absolute Gasteiger partial charge is 0.224 e. The van der Waals surface area contributed by atoms with E-state index in [-0.39, 0.29) is 5.91 Å². The van der Waals surface area contributed by atoms with Crippen LogP contribution in [-0.4, -0.2) is 19.0 Å². The molecule has 1 fully saturated rings. The number of aryl methyl sites for hydroxylation is 1. The van der Waals surface area contributed by atoms with E-state index < -0.39 is 0 Å². The summed E-state index contributed by atoms with van der Waals surface area (Å²) in [5.74, 6) is 0.858. The summed E-state index contributed by atoms with van der Waals surface area (Å²) >= 11 is 0. The number of benzene rings is 1. The molecule has 1 saturated heterocycles. The minimum absolute atomic E-state index is 0.142. The summed E-state index contributed by atoms with van der Waals surface area (Å²) < 4.78 is 0.